The molecule has 0 heterocycles. The zero-order chi connectivity index (χ0) is 13.0. The standard InChI is InChI=1S/C10H11BrN2O4/c11-7-2-1-5(12)3-6(7)9(15)13-8(4-14)10(16)17/h1-3,8,14H,4,12H2,(H,13,15)(H,16,17). The molecule has 0 aliphatic carbocycles. The number of aliphatic hydroxyl groups excluding tert-OH is 1. The molecule has 0 bridgehead atoms. The number of aliphatic hydroxyl groups is 1. The number of rotatable bonds is 4. The number of carbonyl (C=O) groups excluding carboxylic acids is 1. The highest BCUT2D eigenvalue weighted by molar-refractivity contribution is 9.10. The second-order valence-corrected chi connectivity index (χ2v) is 4.14. The number of nitrogens with one attached hydrogen (secondary N) is 1. The largest absolute Gasteiger partial charge is 0.480 e. The summed E-state index contributed by atoms with van der Waals surface area (Å²) in [5, 5.41) is 19.6. The minimum Gasteiger partial charge on any atom is -0.480 e. The molecule has 1 aromatic rings. The van der Waals surface area contributed by atoms with Crippen molar-refractivity contribution in [2.24, 2.45) is 0 Å². The van der Waals surface area contributed by atoms with Gasteiger partial charge in [0.25, 0.3) is 5.91 Å². The molecule has 5 N–H and O–H groups in total. The Labute approximate surface area is 106 Å². The zero-order valence-corrected chi connectivity index (χ0v) is 10.3. The molecule has 0 aromatic heterocycles. The molecule has 1 aromatic carbocycles. The third-order valence-electron chi connectivity index (χ3n) is 2.02. The quantitative estimate of drug-likeness (QED) is 0.594. The summed E-state index contributed by atoms with van der Waals surface area (Å²) in [6.45, 7) is -0.680. The first-order chi connectivity index (χ1) is 7.95. The first-order valence-electron chi connectivity index (χ1n) is 4.65. The van der Waals surface area contributed by atoms with Crippen LogP contribution < -0.4 is 11.1 Å². The Bertz CT molecular complexity index is 450. The fourth-order valence-corrected chi connectivity index (χ4v) is 1.57. The van der Waals surface area contributed by atoms with Crippen molar-refractivity contribution in [1.29, 1.82) is 0 Å². The van der Waals surface area contributed by atoms with E-state index in [1.54, 1.807) is 12.1 Å². The number of aliphatic carboxylic acids is 1. The lowest BCUT2D eigenvalue weighted by Crippen LogP contribution is -2.43. The second-order valence-electron chi connectivity index (χ2n) is 3.29. The van der Waals surface area contributed by atoms with Crippen LogP contribution in [0.1, 0.15) is 10.4 Å². The highest BCUT2D eigenvalue weighted by Gasteiger charge is 2.20. The summed E-state index contributed by atoms with van der Waals surface area (Å²) in [4.78, 5) is 22.4. The van der Waals surface area contributed by atoms with E-state index >= 15 is 0 Å². The van der Waals surface area contributed by atoms with Crippen LogP contribution in [0.15, 0.2) is 22.7 Å². The van der Waals surface area contributed by atoms with Crippen LogP contribution in [0.25, 0.3) is 0 Å². The van der Waals surface area contributed by atoms with Crippen molar-refractivity contribution >= 4 is 33.5 Å². The van der Waals surface area contributed by atoms with Crippen molar-refractivity contribution in [2.45, 2.75) is 6.04 Å². The van der Waals surface area contributed by atoms with Crippen molar-refractivity contribution < 1.29 is 19.8 Å². The number of nitrogens with two attached hydrogens (primary N) is 1. The van der Waals surface area contributed by atoms with Crippen LogP contribution in [0, 0.1) is 0 Å². The molecule has 0 spiro atoms. The third-order valence-corrected chi connectivity index (χ3v) is 2.71. The molecular formula is C10H11BrN2O4. The van der Waals surface area contributed by atoms with Crippen molar-refractivity contribution in [2.75, 3.05) is 12.3 Å². The molecule has 0 fully saturated rings. The first-order valence-corrected chi connectivity index (χ1v) is 5.44. The Morgan fingerprint density at radius 3 is 2.65 bits per heavy atom. The normalized spacial score (nSPS) is 11.9. The van der Waals surface area contributed by atoms with Crippen molar-refractivity contribution in [3.05, 3.63) is 28.2 Å². The Kier molecular flexibility index (Phi) is 4.47. The van der Waals surface area contributed by atoms with Crippen LogP contribution in [-0.2, 0) is 4.79 Å². The highest BCUT2D eigenvalue weighted by atomic mass is 79.9. The Hall–Kier alpha value is -1.60. The molecule has 1 atom stereocenters. The number of amides is 1. The van der Waals surface area contributed by atoms with Gasteiger partial charge in [0.15, 0.2) is 6.04 Å². The lowest BCUT2D eigenvalue weighted by atomic mass is 10.1. The van der Waals surface area contributed by atoms with Crippen molar-refractivity contribution in [3.8, 4) is 0 Å². The SMILES string of the molecule is Nc1ccc(Br)c(C(=O)NC(CO)C(=O)O)c1. The van der Waals surface area contributed by atoms with Crippen LogP contribution in [0.2, 0.25) is 0 Å². The maximum Gasteiger partial charge on any atom is 0.328 e. The number of carboxylic acids is 1. The molecule has 0 saturated carbocycles. The Balaban J connectivity index is 2.89. The van der Waals surface area contributed by atoms with E-state index < -0.39 is 24.5 Å². The van der Waals surface area contributed by atoms with Gasteiger partial charge in [-0.2, -0.15) is 0 Å². The summed E-state index contributed by atoms with van der Waals surface area (Å²) in [6.07, 6.45) is 0. The highest BCUT2D eigenvalue weighted by Crippen LogP contribution is 2.19. The predicted octanol–water partition coefficient (Wildman–Crippen LogP) is 0.207. The zero-order valence-electron chi connectivity index (χ0n) is 8.68. The van der Waals surface area contributed by atoms with Crippen LogP contribution in [-0.4, -0.2) is 34.7 Å². The second kappa shape index (κ2) is 5.65. The summed E-state index contributed by atoms with van der Waals surface area (Å²) in [5.41, 5.74) is 6.12. The van der Waals surface area contributed by atoms with Gasteiger partial charge in [-0.05, 0) is 34.1 Å². The molecule has 6 nitrogen and oxygen atoms in total. The number of carboxylic acid groups (broad SMARTS) is 1. The molecule has 92 valence electrons. The topological polar surface area (TPSA) is 113 Å². The Morgan fingerprint density at radius 1 is 1.47 bits per heavy atom. The number of carbonyl (C=O) groups is 2. The van der Waals surface area contributed by atoms with Gasteiger partial charge in [-0.1, -0.05) is 0 Å². The van der Waals surface area contributed by atoms with E-state index in [9.17, 15) is 9.59 Å². The number of nitrogen functional groups attached to an aromatic ring is 1. The summed E-state index contributed by atoms with van der Waals surface area (Å²) < 4.78 is 0.492. The van der Waals surface area contributed by atoms with E-state index in [4.69, 9.17) is 15.9 Å². The number of hydrogen-bond acceptors (Lipinski definition) is 4. The molecule has 1 unspecified atom stereocenters. The van der Waals surface area contributed by atoms with E-state index in [-0.39, 0.29) is 5.56 Å². The van der Waals surface area contributed by atoms with Crippen LogP contribution in [0.5, 0.6) is 0 Å². The monoisotopic (exact) mass is 302 g/mol. The average molecular weight is 303 g/mol. The van der Waals surface area contributed by atoms with Gasteiger partial charge in [-0.15, -0.1) is 0 Å². The maximum absolute atomic E-state index is 11.7. The molecule has 1 rings (SSSR count). The molecule has 1 amide bonds. The number of hydrogen-bond donors (Lipinski definition) is 4. The van der Waals surface area contributed by atoms with E-state index in [0.29, 0.717) is 10.2 Å². The van der Waals surface area contributed by atoms with E-state index in [0.717, 1.165) is 0 Å². The van der Waals surface area contributed by atoms with E-state index in [1.807, 2.05) is 0 Å². The summed E-state index contributed by atoms with van der Waals surface area (Å²) in [7, 11) is 0. The van der Waals surface area contributed by atoms with Gasteiger partial charge >= 0.3 is 5.97 Å². The van der Waals surface area contributed by atoms with Gasteiger partial charge in [0.1, 0.15) is 0 Å². The van der Waals surface area contributed by atoms with Gasteiger partial charge in [0, 0.05) is 10.2 Å². The lowest BCUT2D eigenvalue weighted by molar-refractivity contribution is -0.140. The number of anilines is 1. The summed E-state index contributed by atoms with van der Waals surface area (Å²) in [6, 6.07) is 3.26. The third kappa shape index (κ3) is 3.43. The van der Waals surface area contributed by atoms with Gasteiger partial charge in [0.05, 0.1) is 12.2 Å². The molecule has 7 heteroatoms. The van der Waals surface area contributed by atoms with Gasteiger partial charge in [-0.3, -0.25) is 4.79 Å². The lowest BCUT2D eigenvalue weighted by Gasteiger charge is -2.12. The fraction of sp³-hybridized carbons (Fsp3) is 0.200. The molecular weight excluding hydrogens is 292 g/mol. The summed E-state index contributed by atoms with van der Waals surface area (Å²) in [5.74, 6) is -1.92. The first kappa shape index (κ1) is 13.5. The van der Waals surface area contributed by atoms with E-state index in [2.05, 4.69) is 21.2 Å². The molecule has 0 radical (unpaired) electrons. The minimum absolute atomic E-state index is 0.213. The van der Waals surface area contributed by atoms with Gasteiger partial charge in [-0.25, -0.2) is 4.79 Å². The molecule has 0 saturated heterocycles. The van der Waals surface area contributed by atoms with Gasteiger partial charge < -0.3 is 21.3 Å². The Morgan fingerprint density at radius 2 is 2.12 bits per heavy atom. The van der Waals surface area contributed by atoms with Crippen molar-refractivity contribution in [3.63, 3.8) is 0 Å². The summed E-state index contributed by atoms with van der Waals surface area (Å²) >= 11 is 3.15. The van der Waals surface area contributed by atoms with E-state index in [1.165, 1.54) is 6.07 Å². The number of halogens is 1. The molecule has 0 aliphatic rings. The van der Waals surface area contributed by atoms with Crippen molar-refractivity contribution in [1.82, 2.24) is 5.32 Å². The maximum atomic E-state index is 11.7. The number of benzene rings is 1. The minimum atomic E-state index is -1.34. The molecule has 17 heavy (non-hydrogen) atoms. The van der Waals surface area contributed by atoms with Crippen LogP contribution in [0.3, 0.4) is 0 Å². The molecule has 0 aliphatic heterocycles. The average Bonchev–Trinajstić information content (AvgIpc) is 2.28. The smallest absolute Gasteiger partial charge is 0.328 e. The van der Waals surface area contributed by atoms with Crippen LogP contribution >= 0.6 is 15.9 Å². The fourth-order valence-electron chi connectivity index (χ4n) is 1.14. The van der Waals surface area contributed by atoms with Gasteiger partial charge in [0.2, 0.25) is 0 Å². The van der Waals surface area contributed by atoms with Crippen LogP contribution in [0.4, 0.5) is 5.69 Å². The predicted molar refractivity (Wildman–Crippen MR) is 64.5 cm³/mol.